The predicted octanol–water partition coefficient (Wildman–Crippen LogP) is 3.03. The Morgan fingerprint density at radius 1 is 0.792 bits per heavy atom. The zero-order valence-electron chi connectivity index (χ0n) is 13.4. The summed E-state index contributed by atoms with van der Waals surface area (Å²) in [4.78, 5) is 34.4. The van der Waals surface area contributed by atoms with Crippen LogP contribution in [-0.4, -0.2) is 31.4 Å². The third-order valence-corrected chi connectivity index (χ3v) is 3.44. The molecular formula is C19H18O5. The van der Waals surface area contributed by atoms with Gasteiger partial charge in [-0.3, -0.25) is 14.4 Å². The van der Waals surface area contributed by atoms with Gasteiger partial charge >= 0.3 is 11.9 Å². The molecule has 0 N–H and O–H groups in total. The van der Waals surface area contributed by atoms with Gasteiger partial charge in [-0.05, 0) is 11.1 Å². The lowest BCUT2D eigenvalue weighted by atomic mass is 10.0. The van der Waals surface area contributed by atoms with Crippen LogP contribution in [0.4, 0.5) is 0 Å². The molecule has 5 nitrogen and oxygen atoms in total. The van der Waals surface area contributed by atoms with Crippen LogP contribution in [-0.2, 0) is 19.1 Å². The average Bonchev–Trinajstić information content (AvgIpc) is 2.64. The largest absolute Gasteiger partial charge is 0.469 e. The molecule has 5 heteroatoms. The van der Waals surface area contributed by atoms with Crippen molar-refractivity contribution < 1.29 is 23.9 Å². The molecule has 0 unspecified atom stereocenters. The molecule has 24 heavy (non-hydrogen) atoms. The van der Waals surface area contributed by atoms with Crippen molar-refractivity contribution in [3.8, 4) is 11.1 Å². The van der Waals surface area contributed by atoms with E-state index in [1.165, 1.54) is 7.11 Å². The van der Waals surface area contributed by atoms with Crippen LogP contribution in [0.5, 0.6) is 0 Å². The molecule has 0 aliphatic heterocycles. The maximum absolute atomic E-state index is 12.0. The van der Waals surface area contributed by atoms with Gasteiger partial charge in [0, 0.05) is 5.56 Å². The van der Waals surface area contributed by atoms with Crippen LogP contribution in [0.3, 0.4) is 0 Å². The summed E-state index contributed by atoms with van der Waals surface area (Å²) in [5.41, 5.74) is 2.53. The van der Waals surface area contributed by atoms with Gasteiger partial charge in [-0.1, -0.05) is 54.6 Å². The highest BCUT2D eigenvalue weighted by Gasteiger charge is 2.12. The monoisotopic (exact) mass is 326 g/mol. The van der Waals surface area contributed by atoms with Gasteiger partial charge in [0.1, 0.15) is 0 Å². The summed E-state index contributed by atoms with van der Waals surface area (Å²) in [5, 5.41) is 0. The van der Waals surface area contributed by atoms with Gasteiger partial charge < -0.3 is 9.47 Å². The number of methoxy groups -OCH3 is 1. The van der Waals surface area contributed by atoms with E-state index in [9.17, 15) is 14.4 Å². The zero-order valence-corrected chi connectivity index (χ0v) is 13.4. The fourth-order valence-corrected chi connectivity index (χ4v) is 2.09. The predicted molar refractivity (Wildman–Crippen MR) is 88.4 cm³/mol. The maximum Gasteiger partial charge on any atom is 0.306 e. The van der Waals surface area contributed by atoms with E-state index < -0.39 is 11.9 Å². The molecule has 0 radical (unpaired) electrons. The third kappa shape index (κ3) is 5.05. The summed E-state index contributed by atoms with van der Waals surface area (Å²) in [6, 6.07) is 16.9. The van der Waals surface area contributed by atoms with E-state index >= 15 is 0 Å². The molecule has 0 bridgehead atoms. The van der Waals surface area contributed by atoms with Crippen molar-refractivity contribution in [1.82, 2.24) is 0 Å². The lowest BCUT2D eigenvalue weighted by Crippen LogP contribution is -2.15. The van der Waals surface area contributed by atoms with Crippen molar-refractivity contribution in [3.05, 3.63) is 60.2 Å². The highest BCUT2D eigenvalue weighted by atomic mass is 16.5. The molecule has 0 aromatic heterocycles. The van der Waals surface area contributed by atoms with Crippen molar-refractivity contribution in [2.75, 3.05) is 13.7 Å². The summed E-state index contributed by atoms with van der Waals surface area (Å²) in [5.74, 6) is -1.38. The molecule has 124 valence electrons. The lowest BCUT2D eigenvalue weighted by molar-refractivity contribution is -0.148. The average molecular weight is 326 g/mol. The quantitative estimate of drug-likeness (QED) is 0.578. The van der Waals surface area contributed by atoms with E-state index in [4.69, 9.17) is 4.74 Å². The molecule has 0 amide bonds. The summed E-state index contributed by atoms with van der Waals surface area (Å²) in [6.45, 7) is -0.343. The molecule has 0 saturated carbocycles. The van der Waals surface area contributed by atoms with E-state index in [1.807, 2.05) is 42.5 Å². The van der Waals surface area contributed by atoms with Crippen molar-refractivity contribution in [3.63, 3.8) is 0 Å². The molecule has 2 aromatic carbocycles. The summed E-state index contributed by atoms with van der Waals surface area (Å²) in [6.07, 6.45) is -0.164. The van der Waals surface area contributed by atoms with Crippen LogP contribution in [0.15, 0.2) is 54.6 Å². The smallest absolute Gasteiger partial charge is 0.306 e. The molecule has 2 aromatic rings. The number of esters is 2. The van der Waals surface area contributed by atoms with Gasteiger partial charge in [0.25, 0.3) is 0 Å². The number of benzene rings is 2. The normalized spacial score (nSPS) is 10.0. The molecule has 0 saturated heterocycles. The number of hydrogen-bond acceptors (Lipinski definition) is 5. The van der Waals surface area contributed by atoms with Gasteiger partial charge in [-0.2, -0.15) is 0 Å². The molecule has 0 aliphatic rings. The van der Waals surface area contributed by atoms with E-state index in [1.54, 1.807) is 12.1 Å². The standard InChI is InChI=1S/C19H18O5/c1-23-18(21)11-12-19(22)24-13-17(20)16-9-7-15(8-10-16)14-5-3-2-4-6-14/h2-10H,11-13H2,1H3. The van der Waals surface area contributed by atoms with E-state index in [2.05, 4.69) is 4.74 Å². The number of hydrogen-bond donors (Lipinski definition) is 0. The van der Waals surface area contributed by atoms with Gasteiger partial charge in [0.2, 0.25) is 0 Å². The van der Waals surface area contributed by atoms with E-state index in [0.717, 1.165) is 11.1 Å². The van der Waals surface area contributed by atoms with Crippen molar-refractivity contribution in [1.29, 1.82) is 0 Å². The molecule has 0 aliphatic carbocycles. The third-order valence-electron chi connectivity index (χ3n) is 3.44. The Balaban J connectivity index is 1.87. The number of ketones is 1. The van der Waals surface area contributed by atoms with Crippen LogP contribution in [0, 0.1) is 0 Å². The van der Waals surface area contributed by atoms with Gasteiger partial charge in [0.05, 0.1) is 20.0 Å². The van der Waals surface area contributed by atoms with E-state index in [-0.39, 0.29) is 25.2 Å². The van der Waals surface area contributed by atoms with Crippen molar-refractivity contribution in [2.24, 2.45) is 0 Å². The Labute approximate surface area is 140 Å². The Kier molecular flexibility index (Phi) is 6.25. The van der Waals surface area contributed by atoms with E-state index in [0.29, 0.717) is 5.56 Å². The number of ether oxygens (including phenoxy) is 2. The fourth-order valence-electron chi connectivity index (χ4n) is 2.09. The number of carbonyl (C=O) groups excluding carboxylic acids is 3. The van der Waals surface area contributed by atoms with Crippen molar-refractivity contribution in [2.45, 2.75) is 12.8 Å². The molecule has 0 spiro atoms. The number of carbonyl (C=O) groups is 3. The second-order valence-electron chi connectivity index (χ2n) is 5.10. The number of rotatable bonds is 7. The Morgan fingerprint density at radius 3 is 2.00 bits per heavy atom. The van der Waals surface area contributed by atoms with Crippen LogP contribution in [0.25, 0.3) is 11.1 Å². The minimum absolute atomic E-state index is 0.0602. The SMILES string of the molecule is COC(=O)CCC(=O)OCC(=O)c1ccc(-c2ccccc2)cc1. The van der Waals surface area contributed by atoms with Gasteiger partial charge in [0.15, 0.2) is 12.4 Å². The van der Waals surface area contributed by atoms with Crippen LogP contribution >= 0.6 is 0 Å². The summed E-state index contributed by atoms with van der Waals surface area (Å²) in [7, 11) is 1.25. The van der Waals surface area contributed by atoms with Crippen LogP contribution in [0.1, 0.15) is 23.2 Å². The topological polar surface area (TPSA) is 69.7 Å². The summed E-state index contributed by atoms with van der Waals surface area (Å²) < 4.78 is 9.30. The van der Waals surface area contributed by atoms with Crippen LogP contribution in [0.2, 0.25) is 0 Å². The Hall–Kier alpha value is -2.95. The number of Topliss-reactive ketones (excluding diaryl/α,β-unsaturated/α-hetero) is 1. The maximum atomic E-state index is 12.0. The highest BCUT2D eigenvalue weighted by Crippen LogP contribution is 2.19. The molecule has 0 fully saturated rings. The minimum Gasteiger partial charge on any atom is -0.469 e. The molecule has 0 heterocycles. The van der Waals surface area contributed by atoms with Gasteiger partial charge in [-0.15, -0.1) is 0 Å². The first-order valence-corrected chi connectivity index (χ1v) is 7.51. The first-order chi connectivity index (χ1) is 11.6. The second-order valence-corrected chi connectivity index (χ2v) is 5.10. The molecule has 0 atom stereocenters. The fraction of sp³-hybridized carbons (Fsp3) is 0.211. The minimum atomic E-state index is -0.602. The first kappa shape index (κ1) is 17.4. The van der Waals surface area contributed by atoms with Gasteiger partial charge in [-0.25, -0.2) is 0 Å². The highest BCUT2D eigenvalue weighted by molar-refractivity contribution is 5.98. The zero-order chi connectivity index (χ0) is 17.4. The second kappa shape index (κ2) is 8.62. The van der Waals surface area contributed by atoms with Crippen molar-refractivity contribution >= 4 is 17.7 Å². The molecule has 2 rings (SSSR count). The Morgan fingerprint density at radius 2 is 1.38 bits per heavy atom. The summed E-state index contributed by atoms with van der Waals surface area (Å²) >= 11 is 0. The first-order valence-electron chi connectivity index (χ1n) is 7.51. The molecular weight excluding hydrogens is 308 g/mol. The van der Waals surface area contributed by atoms with Crippen LogP contribution < -0.4 is 0 Å². The Bertz CT molecular complexity index is 704. The lowest BCUT2D eigenvalue weighted by Gasteiger charge is -2.06.